The lowest BCUT2D eigenvalue weighted by molar-refractivity contribution is -0.140. The molecule has 0 aromatic heterocycles. The van der Waals surface area contributed by atoms with E-state index >= 15 is 0 Å². The molecule has 0 spiro atoms. The van der Waals surface area contributed by atoms with Gasteiger partial charge < -0.3 is 24.4 Å². The van der Waals surface area contributed by atoms with E-state index in [1.54, 1.807) is 12.1 Å². The number of sulfonamides is 1. The van der Waals surface area contributed by atoms with Gasteiger partial charge in [0.15, 0.2) is 0 Å². The summed E-state index contributed by atoms with van der Waals surface area (Å²) in [6, 6.07) is 25.3. The van der Waals surface area contributed by atoms with Gasteiger partial charge in [-0.3, -0.25) is 4.79 Å². The normalized spacial score (nSPS) is 24.4. The molecule has 4 aliphatic rings. The average Bonchev–Trinajstić information content (AvgIpc) is 3.77. The summed E-state index contributed by atoms with van der Waals surface area (Å²) < 4.78 is 48.9. The van der Waals surface area contributed by atoms with E-state index in [1.165, 1.54) is 17.1 Å². The summed E-state index contributed by atoms with van der Waals surface area (Å²) >= 11 is 6.09. The van der Waals surface area contributed by atoms with Gasteiger partial charge in [0, 0.05) is 37.1 Å². The van der Waals surface area contributed by atoms with Crippen molar-refractivity contribution < 1.29 is 32.2 Å². The second kappa shape index (κ2) is 16.1. The molecular weight excluding hydrogens is 762 g/mol. The molecule has 2 heterocycles. The Labute approximate surface area is 340 Å². The predicted molar refractivity (Wildman–Crippen MR) is 221 cm³/mol. The molecule has 2 aliphatic carbocycles. The minimum absolute atomic E-state index is 0.0445. The summed E-state index contributed by atoms with van der Waals surface area (Å²) in [4.78, 5) is 29.4. The Hall–Kier alpha value is -4.32. The number of rotatable bonds is 9. The first kappa shape index (κ1) is 39.5. The largest absolute Gasteiger partial charge is 0.490 e. The van der Waals surface area contributed by atoms with Crippen LogP contribution in [0.2, 0.25) is 5.02 Å². The molecule has 4 atom stereocenters. The molecule has 8 rings (SSSR count). The smallest absolute Gasteiger partial charge is 0.407 e. The van der Waals surface area contributed by atoms with Crippen LogP contribution in [-0.4, -0.2) is 79.2 Å². The van der Waals surface area contributed by atoms with Gasteiger partial charge in [0.25, 0.3) is 0 Å². The van der Waals surface area contributed by atoms with Gasteiger partial charge in [-0.1, -0.05) is 48.0 Å². The highest BCUT2D eigenvalue weighted by Gasteiger charge is 2.48. The maximum absolute atomic E-state index is 14.7. The van der Waals surface area contributed by atoms with Crippen LogP contribution in [0, 0.1) is 11.8 Å². The van der Waals surface area contributed by atoms with Crippen LogP contribution >= 0.6 is 11.6 Å². The van der Waals surface area contributed by atoms with Crippen molar-refractivity contribution in [3.63, 3.8) is 0 Å². The minimum atomic E-state index is -4.09. The van der Waals surface area contributed by atoms with Crippen molar-refractivity contribution in [3.8, 4) is 22.6 Å². The molecule has 2 saturated carbocycles. The molecule has 4 fully saturated rings. The zero-order chi connectivity index (χ0) is 39.9. The van der Waals surface area contributed by atoms with Crippen LogP contribution in [0.5, 0.6) is 11.5 Å². The van der Waals surface area contributed by atoms with E-state index in [9.17, 15) is 18.0 Å². The first-order chi connectivity index (χ1) is 27.3. The lowest BCUT2D eigenvalue weighted by Crippen LogP contribution is -2.60. The molecule has 2 amide bonds. The highest BCUT2D eigenvalue weighted by Crippen LogP contribution is 2.39. The number of carbonyl (C=O) groups is 2. The van der Waals surface area contributed by atoms with Crippen LogP contribution in [0.25, 0.3) is 21.9 Å². The monoisotopic (exact) mass is 813 g/mol. The van der Waals surface area contributed by atoms with E-state index in [-0.39, 0.29) is 53.9 Å². The number of benzene rings is 4. The third-order valence-corrected chi connectivity index (χ3v) is 14.1. The number of piperidine rings is 2. The van der Waals surface area contributed by atoms with Crippen LogP contribution in [0.4, 0.5) is 4.79 Å². The molecule has 2 bridgehead atoms. The van der Waals surface area contributed by atoms with Crippen molar-refractivity contribution in [2.24, 2.45) is 11.8 Å². The van der Waals surface area contributed by atoms with Gasteiger partial charge in [-0.2, -0.15) is 4.31 Å². The van der Waals surface area contributed by atoms with Gasteiger partial charge in [-0.25, -0.2) is 13.2 Å². The van der Waals surface area contributed by atoms with Gasteiger partial charge in [0.2, 0.25) is 15.9 Å². The number of likely N-dealkylation sites (tertiary alicyclic amines) is 1. The summed E-state index contributed by atoms with van der Waals surface area (Å²) in [5, 5.41) is 5.43. The number of carbonyl (C=O) groups excluding carboxylic acids is 2. The molecule has 2 unspecified atom stereocenters. The van der Waals surface area contributed by atoms with Crippen molar-refractivity contribution in [2.75, 3.05) is 19.6 Å². The second-order valence-electron chi connectivity index (χ2n) is 17.1. The molecule has 302 valence electrons. The number of halogens is 1. The van der Waals surface area contributed by atoms with Crippen LogP contribution in [0.3, 0.4) is 0 Å². The molecule has 57 heavy (non-hydrogen) atoms. The molecule has 1 N–H and O–H groups in total. The van der Waals surface area contributed by atoms with Gasteiger partial charge in [0.1, 0.15) is 29.2 Å². The number of hydrogen-bond donors (Lipinski definition) is 1. The van der Waals surface area contributed by atoms with Crippen LogP contribution in [0.1, 0.15) is 72.1 Å². The van der Waals surface area contributed by atoms with E-state index in [0.29, 0.717) is 30.3 Å². The zero-order valence-corrected chi connectivity index (χ0v) is 34.4. The molecule has 10 nitrogen and oxygen atoms in total. The van der Waals surface area contributed by atoms with Crippen molar-refractivity contribution in [1.82, 2.24) is 14.5 Å². The van der Waals surface area contributed by atoms with Crippen molar-refractivity contribution in [2.45, 2.75) is 107 Å². The number of nitrogens with one attached hydrogen (secondary N) is 1. The number of nitrogens with zero attached hydrogens (tertiary/aromatic N) is 2. The second-order valence-corrected chi connectivity index (χ2v) is 19.5. The van der Waals surface area contributed by atoms with Crippen LogP contribution in [-0.2, 0) is 19.6 Å². The van der Waals surface area contributed by atoms with Crippen LogP contribution < -0.4 is 14.8 Å². The fourth-order valence-corrected chi connectivity index (χ4v) is 10.9. The van der Waals surface area contributed by atoms with E-state index in [1.807, 2.05) is 98.5 Å². The van der Waals surface area contributed by atoms with Crippen molar-refractivity contribution >= 4 is 44.4 Å². The molecular formula is C45H52ClN3O7S. The summed E-state index contributed by atoms with van der Waals surface area (Å²) in [6.07, 6.45) is 6.19. The Balaban J connectivity index is 1.02. The summed E-state index contributed by atoms with van der Waals surface area (Å²) in [7, 11) is -4.09. The third-order valence-electron chi connectivity index (χ3n) is 11.9. The Kier molecular flexibility index (Phi) is 11.2. The van der Waals surface area contributed by atoms with E-state index in [2.05, 4.69) is 5.32 Å². The Morgan fingerprint density at radius 1 is 0.737 bits per heavy atom. The first-order valence-electron chi connectivity index (χ1n) is 20.3. The maximum Gasteiger partial charge on any atom is 0.407 e. The molecule has 12 heteroatoms. The topological polar surface area (TPSA) is 114 Å². The molecule has 4 aromatic rings. The number of fused-ring (bicyclic) bond motifs is 3. The van der Waals surface area contributed by atoms with Crippen LogP contribution in [0.15, 0.2) is 89.8 Å². The van der Waals surface area contributed by atoms with Gasteiger partial charge >= 0.3 is 6.09 Å². The number of ether oxygens (including phenoxy) is 3. The number of hydrogen-bond acceptors (Lipinski definition) is 7. The van der Waals surface area contributed by atoms with E-state index in [0.717, 1.165) is 53.3 Å². The third kappa shape index (κ3) is 8.91. The lowest BCUT2D eigenvalue weighted by atomic mass is 9.91. The van der Waals surface area contributed by atoms with Crippen molar-refractivity contribution in [3.05, 3.63) is 90.0 Å². The number of alkyl carbamates (subject to hydrolysis) is 1. The van der Waals surface area contributed by atoms with Gasteiger partial charge in [0.05, 0.1) is 11.0 Å². The van der Waals surface area contributed by atoms with Gasteiger partial charge in [-0.15, -0.1) is 0 Å². The zero-order valence-electron chi connectivity index (χ0n) is 32.9. The molecule has 2 saturated heterocycles. The lowest BCUT2D eigenvalue weighted by Gasteiger charge is -2.43. The van der Waals surface area contributed by atoms with E-state index in [4.69, 9.17) is 25.8 Å². The summed E-state index contributed by atoms with van der Waals surface area (Å²) in [6.45, 7) is 6.49. The summed E-state index contributed by atoms with van der Waals surface area (Å²) in [5.74, 6) is 1.30. The fourth-order valence-electron chi connectivity index (χ4n) is 9.15. The van der Waals surface area contributed by atoms with E-state index < -0.39 is 27.8 Å². The molecule has 2 aliphatic heterocycles. The van der Waals surface area contributed by atoms with Gasteiger partial charge in [-0.05, 0) is 148 Å². The SMILES string of the molecule is CC(C)(C)OC(=O)NC1C2CCC1CN(C(=O)[C@@H]1C[C@H](Oc3ccc(-c4ccc(Cl)cc4)cc3)CCN1S(=O)(=O)c1ccc3cc(OC4CCCC4)ccc3c1)C2. The number of amides is 2. The Morgan fingerprint density at radius 2 is 1.33 bits per heavy atom. The molecule has 0 radical (unpaired) electrons. The molecule has 4 aromatic carbocycles. The quantitative estimate of drug-likeness (QED) is 0.180. The fraction of sp³-hybridized carbons (Fsp3) is 0.467. The van der Waals surface area contributed by atoms with Crippen molar-refractivity contribution in [1.29, 1.82) is 0 Å². The first-order valence-corrected chi connectivity index (χ1v) is 22.1. The summed E-state index contributed by atoms with van der Waals surface area (Å²) in [5.41, 5.74) is 1.42. The highest BCUT2D eigenvalue weighted by atomic mass is 35.5. The minimum Gasteiger partial charge on any atom is -0.490 e. The maximum atomic E-state index is 14.7. The Bertz CT molecular complexity index is 2190. The average molecular weight is 814 g/mol. The highest BCUT2D eigenvalue weighted by molar-refractivity contribution is 7.89. The Morgan fingerprint density at radius 3 is 2.00 bits per heavy atom. The predicted octanol–water partition coefficient (Wildman–Crippen LogP) is 8.84. The standard InChI is InChI=1S/C45H52ClN3O7S/c1-45(2,3)56-44(51)47-42-33-8-9-34(42)28-48(27-33)43(50)41-26-39(55-37-18-12-30(13-19-37)29-10-16-35(46)17-11-29)22-23-49(41)57(52,53)40-21-15-31-24-38(20-14-32(31)25-40)54-36-6-4-5-7-36/h10-21,24-25,33-34,36,39,41-42H,4-9,22-23,26-28H2,1-3H3,(H,47,51)/t33?,34?,39-,41+,42?/m1/s1.